The Morgan fingerprint density at radius 3 is 2.85 bits per heavy atom. The molecule has 0 aliphatic carbocycles. The second-order valence-electron chi connectivity index (χ2n) is 4.35. The van der Waals surface area contributed by atoms with Crippen molar-refractivity contribution < 1.29 is 14.3 Å². The number of nitrogens with one attached hydrogen (secondary N) is 2. The second kappa shape index (κ2) is 6.41. The number of allylic oxidation sites excluding steroid dienone is 1. The maximum atomic E-state index is 12.2. The molecule has 0 radical (unpaired) electrons. The number of carbonyl (C=O) groups is 2. The highest BCUT2D eigenvalue weighted by Gasteiger charge is 2.32. The van der Waals surface area contributed by atoms with Gasteiger partial charge in [-0.3, -0.25) is 0 Å². The lowest BCUT2D eigenvalue weighted by molar-refractivity contribution is -0.139. The number of esters is 1. The van der Waals surface area contributed by atoms with Gasteiger partial charge in [0.1, 0.15) is 0 Å². The molecule has 1 aromatic heterocycles. The molecule has 2 rings (SSSR count). The Balaban J connectivity index is 2.33. The first-order chi connectivity index (χ1) is 9.52. The Bertz CT molecular complexity index is 568. The van der Waals surface area contributed by atoms with Crippen molar-refractivity contribution in [3.05, 3.63) is 32.1 Å². The van der Waals surface area contributed by atoms with Crippen LogP contribution in [0.2, 0.25) is 0 Å². The van der Waals surface area contributed by atoms with Gasteiger partial charge in [0.05, 0.1) is 22.0 Å². The van der Waals surface area contributed by atoms with Gasteiger partial charge in [0.25, 0.3) is 0 Å². The molecule has 0 spiro atoms. The maximum Gasteiger partial charge on any atom is 0.338 e. The zero-order valence-corrected chi connectivity index (χ0v) is 13.6. The van der Waals surface area contributed by atoms with Gasteiger partial charge in [-0.25, -0.2) is 9.59 Å². The maximum absolute atomic E-state index is 12.2. The number of rotatable bonds is 4. The molecule has 2 heterocycles. The lowest BCUT2D eigenvalue weighted by Gasteiger charge is -2.27. The van der Waals surface area contributed by atoms with E-state index in [4.69, 9.17) is 4.74 Å². The number of amides is 2. The molecule has 2 N–H and O–H groups in total. The van der Waals surface area contributed by atoms with Crippen molar-refractivity contribution in [3.63, 3.8) is 0 Å². The Morgan fingerprint density at radius 2 is 2.25 bits per heavy atom. The van der Waals surface area contributed by atoms with Crippen molar-refractivity contribution in [2.75, 3.05) is 6.61 Å². The minimum atomic E-state index is -0.468. The Labute approximate surface area is 129 Å². The molecule has 1 aliphatic rings. The van der Waals surface area contributed by atoms with Gasteiger partial charge in [0.15, 0.2) is 0 Å². The first-order valence-electron chi connectivity index (χ1n) is 6.23. The van der Waals surface area contributed by atoms with Gasteiger partial charge in [0, 0.05) is 10.6 Å². The van der Waals surface area contributed by atoms with E-state index in [0.717, 1.165) is 15.1 Å². The average molecular weight is 359 g/mol. The SMILES string of the molecule is CCCOC(=O)C1=C(C)NC(=O)N[C@H]1c1ccc(Br)s1. The fraction of sp³-hybridized carbons (Fsp3) is 0.385. The van der Waals surface area contributed by atoms with Crippen LogP contribution in [0.1, 0.15) is 31.2 Å². The van der Waals surface area contributed by atoms with Gasteiger partial charge in [-0.1, -0.05) is 6.92 Å². The van der Waals surface area contributed by atoms with E-state index in [-0.39, 0.29) is 6.03 Å². The van der Waals surface area contributed by atoms with E-state index >= 15 is 0 Å². The lowest BCUT2D eigenvalue weighted by atomic mass is 10.0. The lowest BCUT2D eigenvalue weighted by Crippen LogP contribution is -2.45. The largest absolute Gasteiger partial charge is 0.462 e. The summed E-state index contributed by atoms with van der Waals surface area (Å²) < 4.78 is 6.14. The van der Waals surface area contributed by atoms with E-state index in [1.807, 2.05) is 19.1 Å². The highest BCUT2D eigenvalue weighted by molar-refractivity contribution is 9.11. The normalized spacial score (nSPS) is 18.6. The smallest absolute Gasteiger partial charge is 0.338 e. The number of hydrogen-bond acceptors (Lipinski definition) is 4. The predicted octanol–water partition coefficient (Wildman–Crippen LogP) is 3.09. The summed E-state index contributed by atoms with van der Waals surface area (Å²) in [5, 5.41) is 5.38. The molecule has 0 saturated heterocycles. The van der Waals surface area contributed by atoms with Crippen molar-refractivity contribution in [1.82, 2.24) is 10.6 Å². The Morgan fingerprint density at radius 1 is 1.50 bits per heavy atom. The Kier molecular flexibility index (Phi) is 4.82. The van der Waals surface area contributed by atoms with Crippen LogP contribution in [-0.4, -0.2) is 18.6 Å². The topological polar surface area (TPSA) is 67.4 Å². The summed E-state index contributed by atoms with van der Waals surface area (Å²) in [6.45, 7) is 4.00. The average Bonchev–Trinajstić information content (AvgIpc) is 2.81. The quantitative estimate of drug-likeness (QED) is 0.812. The van der Waals surface area contributed by atoms with Crippen LogP contribution in [-0.2, 0) is 9.53 Å². The van der Waals surface area contributed by atoms with Crippen molar-refractivity contribution in [1.29, 1.82) is 0 Å². The number of urea groups is 1. The van der Waals surface area contributed by atoms with E-state index in [1.165, 1.54) is 11.3 Å². The number of halogens is 1. The van der Waals surface area contributed by atoms with Crippen LogP contribution in [0.3, 0.4) is 0 Å². The molecule has 0 aromatic carbocycles. The minimum absolute atomic E-state index is 0.316. The molecule has 2 amide bonds. The highest BCUT2D eigenvalue weighted by Crippen LogP contribution is 2.34. The fourth-order valence-corrected chi connectivity index (χ4v) is 3.42. The van der Waals surface area contributed by atoms with Crippen LogP contribution in [0.4, 0.5) is 4.79 Å². The van der Waals surface area contributed by atoms with Crippen LogP contribution in [0.5, 0.6) is 0 Å². The van der Waals surface area contributed by atoms with Crippen molar-refractivity contribution >= 4 is 39.3 Å². The molecule has 7 heteroatoms. The summed E-state index contributed by atoms with van der Waals surface area (Å²) in [5.74, 6) is -0.397. The van der Waals surface area contributed by atoms with Gasteiger partial charge in [-0.2, -0.15) is 0 Å². The van der Waals surface area contributed by atoms with Gasteiger partial charge < -0.3 is 15.4 Å². The molecule has 5 nitrogen and oxygen atoms in total. The van der Waals surface area contributed by atoms with Crippen LogP contribution >= 0.6 is 27.3 Å². The number of carbonyl (C=O) groups excluding carboxylic acids is 2. The molecule has 1 aliphatic heterocycles. The molecule has 20 heavy (non-hydrogen) atoms. The van der Waals surface area contributed by atoms with Gasteiger partial charge >= 0.3 is 12.0 Å². The first kappa shape index (κ1) is 15.1. The molecule has 1 atom stereocenters. The van der Waals surface area contributed by atoms with Gasteiger partial charge in [0.2, 0.25) is 0 Å². The van der Waals surface area contributed by atoms with E-state index in [1.54, 1.807) is 6.92 Å². The molecule has 0 saturated carbocycles. The fourth-order valence-electron chi connectivity index (χ4n) is 1.93. The molecular formula is C13H15BrN2O3S. The summed E-state index contributed by atoms with van der Waals surface area (Å²) in [7, 11) is 0. The van der Waals surface area contributed by atoms with Gasteiger partial charge in [-0.15, -0.1) is 11.3 Å². The third kappa shape index (κ3) is 3.21. The number of hydrogen-bond donors (Lipinski definition) is 2. The van der Waals surface area contributed by atoms with Crippen LogP contribution < -0.4 is 10.6 Å². The molecule has 0 bridgehead atoms. The molecule has 1 aromatic rings. The van der Waals surface area contributed by atoms with E-state index < -0.39 is 12.0 Å². The van der Waals surface area contributed by atoms with Crippen LogP contribution in [0, 0.1) is 0 Å². The highest BCUT2D eigenvalue weighted by atomic mass is 79.9. The third-order valence-electron chi connectivity index (χ3n) is 2.80. The van der Waals surface area contributed by atoms with Gasteiger partial charge in [-0.05, 0) is 41.4 Å². The van der Waals surface area contributed by atoms with Crippen molar-refractivity contribution in [3.8, 4) is 0 Å². The van der Waals surface area contributed by atoms with Crippen LogP contribution in [0.25, 0.3) is 0 Å². The van der Waals surface area contributed by atoms with Crippen LogP contribution in [0.15, 0.2) is 27.2 Å². The number of ether oxygens (including phenoxy) is 1. The third-order valence-corrected chi connectivity index (χ3v) is 4.49. The second-order valence-corrected chi connectivity index (χ2v) is 6.84. The summed E-state index contributed by atoms with van der Waals surface area (Å²) in [6, 6.07) is 2.98. The zero-order valence-electron chi connectivity index (χ0n) is 11.2. The number of thiophene rings is 1. The summed E-state index contributed by atoms with van der Waals surface area (Å²) in [6.07, 6.45) is 0.757. The summed E-state index contributed by atoms with van der Waals surface area (Å²) in [4.78, 5) is 24.7. The van der Waals surface area contributed by atoms with Crippen molar-refractivity contribution in [2.45, 2.75) is 26.3 Å². The molecule has 0 fully saturated rings. The minimum Gasteiger partial charge on any atom is -0.462 e. The standard InChI is InChI=1S/C13H15BrN2O3S/c1-3-6-19-12(17)10-7(2)15-13(18)16-11(10)8-4-5-9(14)20-8/h4-5,11H,3,6H2,1-2H3,(H2,15,16,18)/t11-/m0/s1. The molecule has 108 valence electrons. The van der Waals surface area contributed by atoms with Crippen molar-refractivity contribution in [2.24, 2.45) is 0 Å². The first-order valence-corrected chi connectivity index (χ1v) is 7.84. The predicted molar refractivity (Wildman–Crippen MR) is 80.4 cm³/mol. The summed E-state index contributed by atoms with van der Waals surface area (Å²) >= 11 is 4.86. The van der Waals surface area contributed by atoms with E-state index in [0.29, 0.717) is 17.9 Å². The molecule has 0 unspecified atom stereocenters. The molecular weight excluding hydrogens is 344 g/mol. The Hall–Kier alpha value is -1.34. The zero-order chi connectivity index (χ0) is 14.7. The van der Waals surface area contributed by atoms with E-state index in [9.17, 15) is 9.59 Å². The monoisotopic (exact) mass is 358 g/mol. The summed E-state index contributed by atoms with van der Waals surface area (Å²) in [5.41, 5.74) is 0.983. The van der Waals surface area contributed by atoms with E-state index in [2.05, 4.69) is 26.6 Å².